The summed E-state index contributed by atoms with van der Waals surface area (Å²) in [6.07, 6.45) is 3.26. The number of halogens is 1. The van der Waals surface area contributed by atoms with Crippen LogP contribution in [0.15, 0.2) is 47.0 Å². The molecule has 1 saturated heterocycles. The van der Waals surface area contributed by atoms with Crippen LogP contribution in [0.3, 0.4) is 0 Å². The van der Waals surface area contributed by atoms with Gasteiger partial charge in [0.1, 0.15) is 11.4 Å². The van der Waals surface area contributed by atoms with Gasteiger partial charge in [-0.2, -0.15) is 0 Å². The van der Waals surface area contributed by atoms with E-state index in [4.69, 9.17) is 9.15 Å². The number of aromatic nitrogens is 3. The molecule has 0 aliphatic carbocycles. The van der Waals surface area contributed by atoms with Gasteiger partial charge in [0.2, 0.25) is 17.7 Å². The van der Waals surface area contributed by atoms with Crippen LogP contribution in [0.25, 0.3) is 11.5 Å². The molecule has 1 aliphatic rings. The zero-order valence-corrected chi connectivity index (χ0v) is 15.3. The molecule has 1 aromatic carbocycles. The van der Waals surface area contributed by atoms with Gasteiger partial charge in [0.15, 0.2) is 0 Å². The van der Waals surface area contributed by atoms with Gasteiger partial charge in [0.25, 0.3) is 5.91 Å². The number of amides is 1. The Balaban J connectivity index is 1.51. The molecule has 2 aromatic heterocycles. The van der Waals surface area contributed by atoms with E-state index in [2.05, 4.69) is 15.2 Å². The maximum absolute atomic E-state index is 13.1. The van der Waals surface area contributed by atoms with Crippen LogP contribution < -0.4 is 4.74 Å². The Bertz CT molecular complexity index is 974. The van der Waals surface area contributed by atoms with Crippen LogP contribution in [-0.4, -0.2) is 46.2 Å². The van der Waals surface area contributed by atoms with Gasteiger partial charge < -0.3 is 14.1 Å². The lowest BCUT2D eigenvalue weighted by atomic mass is 9.97. The number of ether oxygens (including phenoxy) is 1. The molecule has 28 heavy (non-hydrogen) atoms. The minimum absolute atomic E-state index is 0.0536. The first kappa shape index (κ1) is 18.1. The van der Waals surface area contributed by atoms with Crippen molar-refractivity contribution in [2.45, 2.75) is 18.8 Å². The van der Waals surface area contributed by atoms with Crippen molar-refractivity contribution in [3.63, 3.8) is 0 Å². The molecule has 0 radical (unpaired) electrons. The summed E-state index contributed by atoms with van der Waals surface area (Å²) in [5, 5.41) is 8.23. The molecule has 0 saturated carbocycles. The van der Waals surface area contributed by atoms with Gasteiger partial charge in [-0.05, 0) is 49.2 Å². The Morgan fingerprint density at radius 2 is 2.07 bits per heavy atom. The SMILES string of the molecule is COc1ncccc1C(=O)N1CCCC(c2nnc(-c3ccc(F)cc3)o2)C1. The van der Waals surface area contributed by atoms with Crippen LogP contribution in [0.2, 0.25) is 0 Å². The fourth-order valence-corrected chi connectivity index (χ4v) is 3.36. The third-order valence-electron chi connectivity index (χ3n) is 4.78. The second kappa shape index (κ2) is 7.75. The molecule has 0 spiro atoms. The number of piperidine rings is 1. The summed E-state index contributed by atoms with van der Waals surface area (Å²) >= 11 is 0. The van der Waals surface area contributed by atoms with Crippen molar-refractivity contribution in [3.05, 3.63) is 59.9 Å². The zero-order chi connectivity index (χ0) is 19.5. The first-order chi connectivity index (χ1) is 13.7. The Morgan fingerprint density at radius 1 is 1.25 bits per heavy atom. The lowest BCUT2D eigenvalue weighted by Gasteiger charge is -2.31. The first-order valence-corrected chi connectivity index (χ1v) is 9.03. The lowest BCUT2D eigenvalue weighted by molar-refractivity contribution is 0.0694. The number of benzene rings is 1. The van der Waals surface area contributed by atoms with Crippen LogP contribution in [0, 0.1) is 5.82 Å². The molecule has 7 nitrogen and oxygen atoms in total. The smallest absolute Gasteiger partial charge is 0.259 e. The van der Waals surface area contributed by atoms with E-state index in [1.165, 1.54) is 19.2 Å². The molecule has 3 heterocycles. The zero-order valence-electron chi connectivity index (χ0n) is 15.3. The number of hydrogen-bond acceptors (Lipinski definition) is 6. The maximum Gasteiger partial charge on any atom is 0.259 e. The quantitative estimate of drug-likeness (QED) is 0.689. The molecule has 0 bridgehead atoms. The molecule has 1 fully saturated rings. The second-order valence-corrected chi connectivity index (χ2v) is 6.60. The minimum Gasteiger partial charge on any atom is -0.480 e. The number of methoxy groups -OCH3 is 1. The van der Waals surface area contributed by atoms with Crippen LogP contribution >= 0.6 is 0 Å². The average molecular weight is 382 g/mol. The predicted octanol–water partition coefficient (Wildman–Crippen LogP) is 3.30. The van der Waals surface area contributed by atoms with Crippen molar-refractivity contribution in [3.8, 4) is 17.3 Å². The highest BCUT2D eigenvalue weighted by Gasteiger charge is 2.30. The van der Waals surface area contributed by atoms with Crippen LogP contribution in [-0.2, 0) is 0 Å². The highest BCUT2D eigenvalue weighted by Crippen LogP contribution is 2.30. The summed E-state index contributed by atoms with van der Waals surface area (Å²) in [7, 11) is 1.49. The predicted molar refractivity (Wildman–Crippen MR) is 98.4 cm³/mol. The van der Waals surface area contributed by atoms with Crippen LogP contribution in [0.1, 0.15) is 35.0 Å². The van der Waals surface area contributed by atoms with Gasteiger partial charge in [-0.3, -0.25) is 4.79 Å². The van der Waals surface area contributed by atoms with Crippen molar-refractivity contribution in [1.82, 2.24) is 20.1 Å². The van der Waals surface area contributed by atoms with Crippen molar-refractivity contribution >= 4 is 5.91 Å². The number of carbonyl (C=O) groups is 1. The van der Waals surface area contributed by atoms with Gasteiger partial charge in [-0.15, -0.1) is 10.2 Å². The Morgan fingerprint density at radius 3 is 2.86 bits per heavy atom. The monoisotopic (exact) mass is 382 g/mol. The third-order valence-corrected chi connectivity index (χ3v) is 4.78. The fourth-order valence-electron chi connectivity index (χ4n) is 3.36. The van der Waals surface area contributed by atoms with E-state index in [0.29, 0.717) is 41.9 Å². The average Bonchev–Trinajstić information content (AvgIpc) is 3.24. The molecule has 3 aromatic rings. The van der Waals surface area contributed by atoms with Gasteiger partial charge in [-0.25, -0.2) is 9.37 Å². The molecule has 1 atom stereocenters. The number of carbonyl (C=O) groups excluding carboxylic acids is 1. The maximum atomic E-state index is 13.1. The van der Waals surface area contributed by atoms with Crippen molar-refractivity contribution in [2.24, 2.45) is 0 Å². The number of hydrogen-bond donors (Lipinski definition) is 0. The summed E-state index contributed by atoms with van der Waals surface area (Å²) in [6.45, 7) is 1.12. The molecule has 1 aliphatic heterocycles. The summed E-state index contributed by atoms with van der Waals surface area (Å²) in [5.41, 5.74) is 1.09. The molecule has 0 N–H and O–H groups in total. The summed E-state index contributed by atoms with van der Waals surface area (Å²) < 4.78 is 24.1. The van der Waals surface area contributed by atoms with E-state index < -0.39 is 0 Å². The molecule has 1 amide bonds. The van der Waals surface area contributed by atoms with Gasteiger partial charge in [0, 0.05) is 24.8 Å². The summed E-state index contributed by atoms with van der Waals surface area (Å²) in [4.78, 5) is 18.8. The Labute approximate surface area is 161 Å². The van der Waals surface area contributed by atoms with E-state index in [9.17, 15) is 9.18 Å². The first-order valence-electron chi connectivity index (χ1n) is 9.03. The largest absolute Gasteiger partial charge is 0.480 e. The number of likely N-dealkylation sites (tertiary alicyclic amines) is 1. The van der Waals surface area contributed by atoms with Crippen LogP contribution in [0.5, 0.6) is 5.88 Å². The molecule has 4 rings (SSSR count). The topological polar surface area (TPSA) is 81.4 Å². The van der Waals surface area contributed by atoms with Crippen molar-refractivity contribution < 1.29 is 18.3 Å². The molecule has 8 heteroatoms. The summed E-state index contributed by atoms with van der Waals surface area (Å²) in [6, 6.07) is 9.31. The molecular formula is C20H19FN4O3. The lowest BCUT2D eigenvalue weighted by Crippen LogP contribution is -2.39. The standard InChI is InChI=1S/C20H19FN4O3/c1-27-19-16(5-2-10-22-19)20(26)25-11-3-4-14(12-25)18-24-23-17(28-18)13-6-8-15(21)9-7-13/h2,5-10,14H,3-4,11-12H2,1H3. The molecular weight excluding hydrogens is 363 g/mol. The second-order valence-electron chi connectivity index (χ2n) is 6.60. The number of pyridine rings is 1. The highest BCUT2D eigenvalue weighted by molar-refractivity contribution is 5.96. The van der Waals surface area contributed by atoms with Gasteiger partial charge in [0.05, 0.1) is 13.0 Å². The van der Waals surface area contributed by atoms with E-state index in [0.717, 1.165) is 12.8 Å². The normalized spacial score (nSPS) is 16.8. The van der Waals surface area contributed by atoms with E-state index in [1.54, 1.807) is 35.4 Å². The Kier molecular flexibility index (Phi) is 5.01. The molecule has 1 unspecified atom stereocenters. The fraction of sp³-hybridized carbons (Fsp3) is 0.300. The van der Waals surface area contributed by atoms with Crippen molar-refractivity contribution in [2.75, 3.05) is 20.2 Å². The Hall–Kier alpha value is -3.29. The van der Waals surface area contributed by atoms with E-state index >= 15 is 0 Å². The third kappa shape index (κ3) is 3.58. The summed E-state index contributed by atoms with van der Waals surface area (Å²) in [5.74, 6) is 0.624. The van der Waals surface area contributed by atoms with E-state index in [1.807, 2.05) is 0 Å². The van der Waals surface area contributed by atoms with Gasteiger partial charge in [-0.1, -0.05) is 0 Å². The highest BCUT2D eigenvalue weighted by atomic mass is 19.1. The van der Waals surface area contributed by atoms with Crippen molar-refractivity contribution in [1.29, 1.82) is 0 Å². The number of rotatable bonds is 4. The number of nitrogens with zero attached hydrogens (tertiary/aromatic N) is 4. The van der Waals surface area contributed by atoms with Crippen LogP contribution in [0.4, 0.5) is 4.39 Å². The van der Waals surface area contributed by atoms with Gasteiger partial charge >= 0.3 is 0 Å². The molecule has 144 valence electrons. The van der Waals surface area contributed by atoms with E-state index in [-0.39, 0.29) is 17.6 Å². The minimum atomic E-state index is -0.323.